The molecule has 0 bridgehead atoms. The number of rotatable bonds is 4. The second-order valence-corrected chi connectivity index (χ2v) is 6.64. The maximum atomic E-state index is 12.8. The lowest BCUT2D eigenvalue weighted by atomic mass is 10.1. The molecule has 0 fully saturated rings. The molecule has 114 valence electrons. The average molecular weight is 334 g/mol. The van der Waals surface area contributed by atoms with Crippen LogP contribution in [0.4, 0.5) is 18.3 Å². The topological polar surface area (TPSA) is 55.0 Å². The third kappa shape index (κ3) is 3.86. The smallest absolute Gasteiger partial charge is 0.353 e. The van der Waals surface area contributed by atoms with Crippen molar-refractivity contribution in [2.75, 3.05) is 19.0 Å². The molecule has 4 nitrogen and oxygen atoms in total. The third-order valence-corrected chi connectivity index (χ3v) is 4.72. The highest BCUT2D eigenvalue weighted by atomic mass is 32.2. The van der Waals surface area contributed by atoms with E-state index in [1.54, 1.807) is 0 Å². The van der Waals surface area contributed by atoms with Gasteiger partial charge in [0.05, 0.1) is 5.56 Å². The number of benzene rings is 1. The van der Waals surface area contributed by atoms with E-state index in [1.807, 2.05) is 19.0 Å². The third-order valence-electron chi connectivity index (χ3n) is 2.59. The predicted octanol–water partition coefficient (Wildman–Crippen LogP) is 3.23. The van der Waals surface area contributed by atoms with Gasteiger partial charge in [-0.15, -0.1) is 10.2 Å². The van der Waals surface area contributed by atoms with Crippen molar-refractivity contribution in [3.8, 4) is 0 Å². The summed E-state index contributed by atoms with van der Waals surface area (Å²) in [4.78, 5) is 2.48. The van der Waals surface area contributed by atoms with E-state index in [2.05, 4.69) is 10.2 Å². The summed E-state index contributed by atoms with van der Waals surface area (Å²) in [6.07, 6.45) is -4.39. The van der Waals surface area contributed by atoms with Crippen molar-refractivity contribution in [1.82, 2.24) is 10.2 Å². The van der Waals surface area contributed by atoms with Gasteiger partial charge in [-0.3, -0.25) is 0 Å². The lowest BCUT2D eigenvalue weighted by molar-refractivity contribution is -0.138. The fraction of sp³-hybridized carbons (Fsp3) is 0.333. The molecular weight excluding hydrogens is 321 g/mol. The summed E-state index contributed by atoms with van der Waals surface area (Å²) in [6.45, 7) is -0.164. The normalized spacial score (nSPS) is 11.7. The summed E-state index contributed by atoms with van der Waals surface area (Å²) in [6, 6.07) is 3.92. The Hall–Kier alpha value is -1.32. The maximum absolute atomic E-state index is 12.8. The SMILES string of the molecule is CN(C)c1nnc(Sc2ccc(C(F)(F)F)c(CN)c2)s1. The quantitative estimate of drug-likeness (QED) is 0.930. The van der Waals surface area contributed by atoms with Gasteiger partial charge in [-0.25, -0.2) is 0 Å². The average Bonchev–Trinajstić information content (AvgIpc) is 2.86. The van der Waals surface area contributed by atoms with Crippen LogP contribution >= 0.6 is 23.1 Å². The number of hydrogen-bond donors (Lipinski definition) is 1. The van der Waals surface area contributed by atoms with Crippen molar-refractivity contribution in [2.45, 2.75) is 22.0 Å². The summed E-state index contributed by atoms with van der Waals surface area (Å²) < 4.78 is 39.1. The Kier molecular flexibility index (Phi) is 4.74. The van der Waals surface area contributed by atoms with Crippen molar-refractivity contribution in [3.63, 3.8) is 0 Å². The van der Waals surface area contributed by atoms with Crippen LogP contribution in [0.15, 0.2) is 27.4 Å². The number of hydrogen-bond acceptors (Lipinski definition) is 6. The van der Waals surface area contributed by atoms with Crippen LogP contribution < -0.4 is 10.6 Å². The van der Waals surface area contributed by atoms with Crippen LogP contribution in [0.25, 0.3) is 0 Å². The van der Waals surface area contributed by atoms with Crippen LogP contribution in [0.1, 0.15) is 11.1 Å². The van der Waals surface area contributed by atoms with E-state index in [0.29, 0.717) is 9.24 Å². The summed E-state index contributed by atoms with van der Waals surface area (Å²) >= 11 is 2.64. The Labute approximate surface area is 128 Å². The summed E-state index contributed by atoms with van der Waals surface area (Å²) in [5, 5.41) is 8.72. The zero-order chi connectivity index (χ0) is 15.6. The molecule has 1 heterocycles. The largest absolute Gasteiger partial charge is 0.416 e. The van der Waals surface area contributed by atoms with Gasteiger partial charge >= 0.3 is 6.18 Å². The summed E-state index contributed by atoms with van der Waals surface area (Å²) in [5.41, 5.74) is 4.79. The lowest BCUT2D eigenvalue weighted by Crippen LogP contribution is -2.11. The molecule has 0 aliphatic rings. The monoisotopic (exact) mass is 334 g/mol. The van der Waals surface area contributed by atoms with Gasteiger partial charge < -0.3 is 10.6 Å². The van der Waals surface area contributed by atoms with Crippen LogP contribution in [0, 0.1) is 0 Å². The van der Waals surface area contributed by atoms with Crippen molar-refractivity contribution in [2.24, 2.45) is 5.73 Å². The van der Waals surface area contributed by atoms with Crippen LogP contribution in [-0.4, -0.2) is 24.3 Å². The predicted molar refractivity (Wildman–Crippen MR) is 77.7 cm³/mol. The first kappa shape index (κ1) is 16.1. The molecule has 1 aromatic heterocycles. The summed E-state index contributed by atoms with van der Waals surface area (Å²) in [5.74, 6) is 0. The number of alkyl halides is 3. The van der Waals surface area contributed by atoms with Crippen molar-refractivity contribution in [3.05, 3.63) is 29.3 Å². The fourth-order valence-electron chi connectivity index (χ4n) is 1.60. The second-order valence-electron chi connectivity index (χ2n) is 4.37. The van der Waals surface area contributed by atoms with E-state index in [0.717, 1.165) is 11.2 Å². The molecule has 0 aliphatic carbocycles. The molecule has 21 heavy (non-hydrogen) atoms. The van der Waals surface area contributed by atoms with Crippen molar-refractivity contribution < 1.29 is 13.2 Å². The number of halogens is 3. The van der Waals surface area contributed by atoms with Gasteiger partial charge in [0.25, 0.3) is 0 Å². The van der Waals surface area contributed by atoms with E-state index in [4.69, 9.17) is 5.73 Å². The van der Waals surface area contributed by atoms with Gasteiger partial charge in [-0.1, -0.05) is 23.1 Å². The Morgan fingerprint density at radius 3 is 2.52 bits per heavy atom. The molecule has 9 heteroatoms. The summed E-state index contributed by atoms with van der Waals surface area (Å²) in [7, 11) is 3.69. The van der Waals surface area contributed by atoms with E-state index < -0.39 is 11.7 Å². The standard InChI is InChI=1S/C12H13F3N4S2/c1-19(2)10-17-18-11(21-10)20-8-3-4-9(12(13,14)15)7(5-8)6-16/h3-5H,6,16H2,1-2H3. The van der Waals surface area contributed by atoms with E-state index in [9.17, 15) is 13.2 Å². The molecule has 2 rings (SSSR count). The van der Waals surface area contributed by atoms with Crippen molar-refractivity contribution in [1.29, 1.82) is 0 Å². The first-order valence-electron chi connectivity index (χ1n) is 5.90. The Bertz CT molecular complexity index is 625. The molecule has 2 aromatic rings. The molecule has 0 amide bonds. The molecule has 0 saturated carbocycles. The maximum Gasteiger partial charge on any atom is 0.416 e. The highest BCUT2D eigenvalue weighted by Gasteiger charge is 2.32. The zero-order valence-electron chi connectivity index (χ0n) is 11.3. The Balaban J connectivity index is 2.24. The van der Waals surface area contributed by atoms with Crippen LogP contribution in [0.5, 0.6) is 0 Å². The van der Waals surface area contributed by atoms with E-state index in [1.165, 1.54) is 35.2 Å². The van der Waals surface area contributed by atoms with Crippen LogP contribution in [0.3, 0.4) is 0 Å². The Morgan fingerprint density at radius 2 is 2.00 bits per heavy atom. The van der Waals surface area contributed by atoms with Gasteiger partial charge in [0, 0.05) is 25.5 Å². The first-order chi connectivity index (χ1) is 9.81. The molecular formula is C12H13F3N4S2. The number of aromatic nitrogens is 2. The molecule has 0 saturated heterocycles. The molecule has 1 aromatic carbocycles. The second kappa shape index (κ2) is 6.20. The molecule has 0 radical (unpaired) electrons. The molecule has 2 N–H and O–H groups in total. The minimum absolute atomic E-state index is 0.0739. The highest BCUT2D eigenvalue weighted by Crippen LogP contribution is 2.37. The zero-order valence-corrected chi connectivity index (χ0v) is 12.9. The molecule has 0 spiro atoms. The van der Waals surface area contributed by atoms with E-state index in [-0.39, 0.29) is 12.1 Å². The molecule has 0 atom stereocenters. The van der Waals surface area contributed by atoms with Gasteiger partial charge in [0.15, 0.2) is 4.34 Å². The van der Waals surface area contributed by atoms with Gasteiger partial charge in [-0.2, -0.15) is 13.2 Å². The Morgan fingerprint density at radius 1 is 1.29 bits per heavy atom. The number of nitrogens with zero attached hydrogens (tertiary/aromatic N) is 3. The minimum Gasteiger partial charge on any atom is -0.353 e. The minimum atomic E-state index is -4.39. The molecule has 0 unspecified atom stereocenters. The highest BCUT2D eigenvalue weighted by molar-refractivity contribution is 8.01. The van der Waals surface area contributed by atoms with E-state index >= 15 is 0 Å². The number of nitrogens with two attached hydrogens (primary N) is 1. The fourth-order valence-corrected chi connectivity index (χ4v) is 3.41. The first-order valence-corrected chi connectivity index (χ1v) is 7.53. The molecule has 0 aliphatic heterocycles. The lowest BCUT2D eigenvalue weighted by Gasteiger charge is -2.12. The van der Waals surface area contributed by atoms with Gasteiger partial charge in [0.2, 0.25) is 5.13 Å². The van der Waals surface area contributed by atoms with Gasteiger partial charge in [0.1, 0.15) is 0 Å². The van der Waals surface area contributed by atoms with Gasteiger partial charge in [-0.05, 0) is 23.8 Å². The van der Waals surface area contributed by atoms with Crippen molar-refractivity contribution >= 4 is 28.2 Å². The van der Waals surface area contributed by atoms with Crippen LogP contribution in [0.2, 0.25) is 0 Å². The number of anilines is 1. The van der Waals surface area contributed by atoms with Crippen LogP contribution in [-0.2, 0) is 12.7 Å².